The summed E-state index contributed by atoms with van der Waals surface area (Å²) in [6.45, 7) is -0.0403. The summed E-state index contributed by atoms with van der Waals surface area (Å²) < 4.78 is 0. The molecule has 0 bridgehead atoms. The summed E-state index contributed by atoms with van der Waals surface area (Å²) in [5.74, 6) is 5.08. The standard InChI is InChI=1S/C12H16N2O2S/c13-14-12(8-17)11-3-1-9(2-4-11)5-10(6-15)7-16/h1-4,8,10,15-16H,5-7,13H2. The minimum Gasteiger partial charge on any atom is -0.396 e. The Morgan fingerprint density at radius 3 is 2.29 bits per heavy atom. The third-order valence-corrected chi connectivity index (χ3v) is 2.76. The Balaban J connectivity index is 2.77. The minimum atomic E-state index is -0.117. The van der Waals surface area contributed by atoms with E-state index in [1.54, 1.807) is 0 Å². The number of rotatable bonds is 6. The first-order valence-corrected chi connectivity index (χ1v) is 5.76. The molecular weight excluding hydrogens is 236 g/mol. The molecule has 0 spiro atoms. The zero-order chi connectivity index (χ0) is 12.7. The molecule has 0 atom stereocenters. The number of aliphatic hydroxyl groups is 2. The first-order valence-electron chi connectivity index (χ1n) is 5.29. The third-order valence-electron chi connectivity index (χ3n) is 2.54. The van der Waals surface area contributed by atoms with Crippen molar-refractivity contribution in [1.82, 2.24) is 0 Å². The van der Waals surface area contributed by atoms with Gasteiger partial charge >= 0.3 is 0 Å². The van der Waals surface area contributed by atoms with Gasteiger partial charge in [-0.2, -0.15) is 5.10 Å². The number of aliphatic hydroxyl groups excluding tert-OH is 2. The van der Waals surface area contributed by atoms with Gasteiger partial charge in [-0.05, 0) is 12.0 Å². The number of nitrogens with two attached hydrogens (primary N) is 1. The highest BCUT2D eigenvalue weighted by Crippen LogP contribution is 2.10. The maximum atomic E-state index is 8.99. The molecule has 0 unspecified atom stereocenters. The maximum absolute atomic E-state index is 8.99. The molecular formula is C12H16N2O2S. The van der Waals surface area contributed by atoms with Crippen LogP contribution in [0.25, 0.3) is 0 Å². The Labute approximate surface area is 106 Å². The summed E-state index contributed by atoms with van der Waals surface area (Å²) in [4.78, 5) is 0. The lowest BCUT2D eigenvalue weighted by Crippen LogP contribution is -2.14. The predicted octanol–water partition coefficient (Wildman–Crippen LogP) is 0.492. The van der Waals surface area contributed by atoms with Gasteiger partial charge in [0.05, 0.1) is 0 Å². The second-order valence-electron chi connectivity index (χ2n) is 3.76. The SMILES string of the molecule is NN=C(C=S)c1ccc(CC(CO)CO)cc1. The number of hydrogen-bond acceptors (Lipinski definition) is 5. The maximum Gasteiger partial charge on any atom is 0.101 e. The van der Waals surface area contributed by atoms with Crippen LogP contribution >= 0.6 is 12.2 Å². The Morgan fingerprint density at radius 2 is 1.88 bits per heavy atom. The molecule has 0 fully saturated rings. The van der Waals surface area contributed by atoms with Crippen LogP contribution in [0, 0.1) is 5.92 Å². The topological polar surface area (TPSA) is 78.8 Å². The monoisotopic (exact) mass is 252 g/mol. The number of nitrogens with zero attached hydrogens (tertiary/aromatic N) is 1. The Hall–Kier alpha value is -1.30. The van der Waals surface area contributed by atoms with Crippen molar-refractivity contribution in [3.05, 3.63) is 35.4 Å². The van der Waals surface area contributed by atoms with Gasteiger partial charge < -0.3 is 16.1 Å². The summed E-state index contributed by atoms with van der Waals surface area (Å²) >= 11 is 4.79. The number of thiocarbonyl (C=S) groups is 1. The molecule has 4 nitrogen and oxygen atoms in total. The molecule has 1 aromatic carbocycles. The first kappa shape index (κ1) is 13.8. The van der Waals surface area contributed by atoms with Crippen LogP contribution in [0.15, 0.2) is 29.4 Å². The van der Waals surface area contributed by atoms with Gasteiger partial charge in [0.1, 0.15) is 5.71 Å². The zero-order valence-corrected chi connectivity index (χ0v) is 10.2. The lowest BCUT2D eigenvalue weighted by Gasteiger charge is -2.10. The summed E-state index contributed by atoms with van der Waals surface area (Å²) in [6, 6.07) is 7.57. The second-order valence-corrected chi connectivity index (χ2v) is 4.00. The van der Waals surface area contributed by atoms with Crippen molar-refractivity contribution in [3.8, 4) is 0 Å². The van der Waals surface area contributed by atoms with E-state index in [-0.39, 0.29) is 19.1 Å². The van der Waals surface area contributed by atoms with Crippen molar-refractivity contribution in [1.29, 1.82) is 0 Å². The summed E-state index contributed by atoms with van der Waals surface area (Å²) in [5.41, 5.74) is 2.46. The van der Waals surface area contributed by atoms with Gasteiger partial charge in [-0.3, -0.25) is 0 Å². The first-order chi connectivity index (χ1) is 8.24. The van der Waals surface area contributed by atoms with E-state index < -0.39 is 0 Å². The summed E-state index contributed by atoms with van der Waals surface area (Å²) in [5, 5.41) is 23.0. The molecule has 0 aliphatic carbocycles. The highest BCUT2D eigenvalue weighted by Gasteiger charge is 2.07. The van der Waals surface area contributed by atoms with Crippen LogP contribution in [0.4, 0.5) is 0 Å². The van der Waals surface area contributed by atoms with Gasteiger partial charge in [-0.15, -0.1) is 0 Å². The molecule has 17 heavy (non-hydrogen) atoms. The van der Waals surface area contributed by atoms with Crippen molar-refractivity contribution < 1.29 is 10.2 Å². The van der Waals surface area contributed by atoms with E-state index in [1.807, 2.05) is 24.3 Å². The Kier molecular flexibility index (Phi) is 5.76. The molecule has 1 rings (SSSR count). The molecule has 0 heterocycles. The molecule has 0 aliphatic heterocycles. The van der Waals surface area contributed by atoms with E-state index in [1.165, 1.54) is 5.37 Å². The molecule has 5 heteroatoms. The van der Waals surface area contributed by atoms with Gasteiger partial charge in [-0.1, -0.05) is 36.5 Å². The Morgan fingerprint density at radius 1 is 1.29 bits per heavy atom. The van der Waals surface area contributed by atoms with E-state index in [4.69, 9.17) is 28.3 Å². The van der Waals surface area contributed by atoms with E-state index in [0.29, 0.717) is 12.1 Å². The van der Waals surface area contributed by atoms with Crippen LogP contribution in [-0.4, -0.2) is 34.5 Å². The van der Waals surface area contributed by atoms with Crippen molar-refractivity contribution in [2.24, 2.45) is 16.9 Å². The van der Waals surface area contributed by atoms with Crippen molar-refractivity contribution in [2.75, 3.05) is 13.2 Å². The van der Waals surface area contributed by atoms with Gasteiger partial charge in [0, 0.05) is 30.1 Å². The normalized spacial score (nSPS) is 11.8. The predicted molar refractivity (Wildman–Crippen MR) is 72.2 cm³/mol. The number of benzene rings is 1. The van der Waals surface area contributed by atoms with Crippen LogP contribution in [0.5, 0.6) is 0 Å². The molecule has 0 saturated heterocycles. The van der Waals surface area contributed by atoms with Crippen LogP contribution in [0.3, 0.4) is 0 Å². The summed E-state index contributed by atoms with van der Waals surface area (Å²) in [7, 11) is 0. The van der Waals surface area contributed by atoms with Crippen LogP contribution in [0.2, 0.25) is 0 Å². The third kappa shape index (κ3) is 3.89. The molecule has 0 aliphatic rings. The van der Waals surface area contributed by atoms with E-state index in [2.05, 4.69) is 5.10 Å². The molecule has 0 radical (unpaired) electrons. The molecule has 0 aromatic heterocycles. The van der Waals surface area contributed by atoms with Gasteiger partial charge in [-0.25, -0.2) is 0 Å². The summed E-state index contributed by atoms with van der Waals surface area (Å²) in [6.07, 6.45) is 0.639. The average Bonchev–Trinajstić information content (AvgIpc) is 2.39. The Bertz CT molecular complexity index is 386. The van der Waals surface area contributed by atoms with E-state index in [0.717, 1.165) is 11.1 Å². The minimum absolute atomic E-state index is 0.0201. The lowest BCUT2D eigenvalue weighted by molar-refractivity contribution is 0.150. The largest absolute Gasteiger partial charge is 0.396 e. The molecule has 92 valence electrons. The van der Waals surface area contributed by atoms with Crippen molar-refractivity contribution in [3.63, 3.8) is 0 Å². The fourth-order valence-corrected chi connectivity index (χ4v) is 1.70. The fraction of sp³-hybridized carbons (Fsp3) is 0.333. The quantitative estimate of drug-likeness (QED) is 0.298. The highest BCUT2D eigenvalue weighted by molar-refractivity contribution is 7.80. The fourth-order valence-electron chi connectivity index (χ4n) is 1.50. The van der Waals surface area contributed by atoms with Crippen molar-refractivity contribution in [2.45, 2.75) is 6.42 Å². The smallest absolute Gasteiger partial charge is 0.101 e. The highest BCUT2D eigenvalue weighted by atomic mass is 32.1. The molecule has 0 saturated carbocycles. The van der Waals surface area contributed by atoms with Crippen molar-refractivity contribution >= 4 is 23.3 Å². The van der Waals surface area contributed by atoms with Crippen LogP contribution in [0.1, 0.15) is 11.1 Å². The number of hydrogen-bond donors (Lipinski definition) is 3. The van der Waals surface area contributed by atoms with Gasteiger partial charge in [0.15, 0.2) is 0 Å². The van der Waals surface area contributed by atoms with E-state index >= 15 is 0 Å². The van der Waals surface area contributed by atoms with Gasteiger partial charge in [0.25, 0.3) is 0 Å². The van der Waals surface area contributed by atoms with Crippen LogP contribution < -0.4 is 5.84 Å². The molecule has 4 N–H and O–H groups in total. The molecule has 1 aromatic rings. The zero-order valence-electron chi connectivity index (χ0n) is 9.41. The second kappa shape index (κ2) is 7.11. The van der Waals surface area contributed by atoms with Crippen LogP contribution in [-0.2, 0) is 6.42 Å². The lowest BCUT2D eigenvalue weighted by atomic mass is 9.99. The van der Waals surface area contributed by atoms with E-state index in [9.17, 15) is 0 Å². The number of hydrazone groups is 1. The van der Waals surface area contributed by atoms with Gasteiger partial charge in [0.2, 0.25) is 0 Å². The average molecular weight is 252 g/mol. The molecule has 0 amide bonds.